The van der Waals surface area contributed by atoms with Gasteiger partial charge in [-0.2, -0.15) is 0 Å². The van der Waals surface area contributed by atoms with Gasteiger partial charge in [-0.05, 0) is 25.3 Å². The van der Waals surface area contributed by atoms with Gasteiger partial charge < -0.3 is 5.32 Å². The lowest BCUT2D eigenvalue weighted by atomic mass is 10.1. The molecule has 17 heavy (non-hydrogen) atoms. The molecule has 0 aliphatic carbocycles. The number of nitrogens with one attached hydrogen (secondary N) is 1. The van der Waals surface area contributed by atoms with Crippen molar-refractivity contribution in [2.75, 3.05) is 19.6 Å². The van der Waals surface area contributed by atoms with Crippen LogP contribution in [0.2, 0.25) is 0 Å². The molecule has 2 rings (SSSR count). The van der Waals surface area contributed by atoms with Crippen molar-refractivity contribution >= 4 is 0 Å². The van der Waals surface area contributed by atoms with Crippen LogP contribution in [0.4, 0.5) is 0 Å². The highest BCUT2D eigenvalue weighted by atomic mass is 15.2. The second-order valence-corrected chi connectivity index (χ2v) is 5.10. The molecule has 2 unspecified atom stereocenters. The van der Waals surface area contributed by atoms with E-state index in [1.54, 1.807) is 0 Å². The Kier molecular flexibility index (Phi) is 4.57. The van der Waals surface area contributed by atoms with Gasteiger partial charge in [0.05, 0.1) is 0 Å². The molecule has 1 aromatic carbocycles. The zero-order valence-electron chi connectivity index (χ0n) is 11.0. The van der Waals surface area contributed by atoms with Crippen molar-refractivity contribution in [1.29, 1.82) is 0 Å². The molecule has 0 amide bonds. The van der Waals surface area contributed by atoms with Crippen LogP contribution in [0, 0.1) is 0 Å². The first kappa shape index (κ1) is 12.6. The number of piperazine rings is 1. The standard InChI is InChI=1S/C15H24N2/c1-3-15-11-16-13(2)12-17(15)10-9-14-7-5-4-6-8-14/h4-8,13,15-16H,3,9-12H2,1-2H3. The van der Waals surface area contributed by atoms with Crippen LogP contribution >= 0.6 is 0 Å². The van der Waals surface area contributed by atoms with E-state index in [1.165, 1.54) is 31.5 Å². The van der Waals surface area contributed by atoms with Gasteiger partial charge >= 0.3 is 0 Å². The van der Waals surface area contributed by atoms with Crippen molar-refractivity contribution in [2.45, 2.75) is 38.8 Å². The Balaban J connectivity index is 1.88. The molecule has 2 heteroatoms. The summed E-state index contributed by atoms with van der Waals surface area (Å²) in [5.41, 5.74) is 1.45. The predicted molar refractivity (Wildman–Crippen MR) is 73.3 cm³/mol. The van der Waals surface area contributed by atoms with Gasteiger partial charge in [0, 0.05) is 31.7 Å². The molecule has 1 aromatic rings. The zero-order valence-corrected chi connectivity index (χ0v) is 11.0. The van der Waals surface area contributed by atoms with Gasteiger partial charge in [-0.1, -0.05) is 37.3 Å². The summed E-state index contributed by atoms with van der Waals surface area (Å²) in [6.07, 6.45) is 2.42. The maximum Gasteiger partial charge on any atom is 0.0218 e. The van der Waals surface area contributed by atoms with Crippen molar-refractivity contribution in [3.63, 3.8) is 0 Å². The largest absolute Gasteiger partial charge is 0.311 e. The normalized spacial score (nSPS) is 26.0. The van der Waals surface area contributed by atoms with Crippen LogP contribution in [0.3, 0.4) is 0 Å². The van der Waals surface area contributed by atoms with Crippen LogP contribution in [0.5, 0.6) is 0 Å². The maximum atomic E-state index is 3.57. The van der Waals surface area contributed by atoms with Crippen LogP contribution in [-0.4, -0.2) is 36.6 Å². The van der Waals surface area contributed by atoms with Crippen molar-refractivity contribution in [1.82, 2.24) is 10.2 Å². The molecule has 1 fully saturated rings. The highest BCUT2D eigenvalue weighted by Gasteiger charge is 2.23. The van der Waals surface area contributed by atoms with Crippen LogP contribution < -0.4 is 5.32 Å². The quantitative estimate of drug-likeness (QED) is 0.857. The molecule has 1 aliphatic heterocycles. The van der Waals surface area contributed by atoms with Crippen LogP contribution in [-0.2, 0) is 6.42 Å². The smallest absolute Gasteiger partial charge is 0.0218 e. The Bertz CT molecular complexity index is 323. The fraction of sp³-hybridized carbons (Fsp3) is 0.600. The van der Waals surface area contributed by atoms with Crippen molar-refractivity contribution in [3.8, 4) is 0 Å². The Morgan fingerprint density at radius 2 is 2.06 bits per heavy atom. The molecule has 0 saturated carbocycles. The first-order chi connectivity index (χ1) is 8.29. The molecule has 0 spiro atoms. The van der Waals surface area contributed by atoms with Gasteiger partial charge in [-0.3, -0.25) is 4.90 Å². The summed E-state index contributed by atoms with van der Waals surface area (Å²) in [5, 5.41) is 3.57. The lowest BCUT2D eigenvalue weighted by Gasteiger charge is -2.39. The lowest BCUT2D eigenvalue weighted by molar-refractivity contribution is 0.133. The summed E-state index contributed by atoms with van der Waals surface area (Å²) < 4.78 is 0. The van der Waals surface area contributed by atoms with E-state index in [2.05, 4.69) is 54.4 Å². The number of nitrogens with zero attached hydrogens (tertiary/aromatic N) is 1. The van der Waals surface area contributed by atoms with E-state index < -0.39 is 0 Å². The molecule has 2 nitrogen and oxygen atoms in total. The molecule has 0 bridgehead atoms. The molecule has 0 radical (unpaired) electrons. The van der Waals surface area contributed by atoms with E-state index in [0.717, 1.165) is 12.6 Å². The van der Waals surface area contributed by atoms with Gasteiger partial charge in [0.1, 0.15) is 0 Å². The average molecular weight is 232 g/mol. The van der Waals surface area contributed by atoms with Gasteiger partial charge in [0.15, 0.2) is 0 Å². The fourth-order valence-corrected chi connectivity index (χ4v) is 2.63. The summed E-state index contributed by atoms with van der Waals surface area (Å²) in [6.45, 7) is 8.09. The van der Waals surface area contributed by atoms with Crippen molar-refractivity contribution < 1.29 is 0 Å². The molecule has 0 aromatic heterocycles. The van der Waals surface area contributed by atoms with Crippen molar-refractivity contribution in [3.05, 3.63) is 35.9 Å². The van der Waals surface area contributed by atoms with Crippen LogP contribution in [0.25, 0.3) is 0 Å². The fourth-order valence-electron chi connectivity index (χ4n) is 2.63. The van der Waals surface area contributed by atoms with E-state index in [-0.39, 0.29) is 0 Å². The van der Waals surface area contributed by atoms with Crippen LogP contribution in [0.1, 0.15) is 25.8 Å². The van der Waals surface area contributed by atoms with E-state index in [4.69, 9.17) is 0 Å². The zero-order chi connectivity index (χ0) is 12.1. The summed E-state index contributed by atoms with van der Waals surface area (Å²) in [7, 11) is 0. The molecule has 2 atom stereocenters. The Morgan fingerprint density at radius 1 is 1.29 bits per heavy atom. The topological polar surface area (TPSA) is 15.3 Å². The average Bonchev–Trinajstić information content (AvgIpc) is 2.38. The minimum absolute atomic E-state index is 0.633. The monoisotopic (exact) mass is 232 g/mol. The minimum atomic E-state index is 0.633. The second-order valence-electron chi connectivity index (χ2n) is 5.10. The molecule has 1 saturated heterocycles. The summed E-state index contributed by atoms with van der Waals surface area (Å²) in [4.78, 5) is 2.65. The maximum absolute atomic E-state index is 3.57. The molecule has 1 aliphatic rings. The highest BCUT2D eigenvalue weighted by Crippen LogP contribution is 2.11. The van der Waals surface area contributed by atoms with E-state index in [1.807, 2.05) is 0 Å². The van der Waals surface area contributed by atoms with Crippen molar-refractivity contribution in [2.24, 2.45) is 0 Å². The van der Waals surface area contributed by atoms with E-state index in [9.17, 15) is 0 Å². The van der Waals surface area contributed by atoms with Gasteiger partial charge in [-0.25, -0.2) is 0 Å². The number of hydrogen-bond donors (Lipinski definition) is 1. The number of hydrogen-bond acceptors (Lipinski definition) is 2. The predicted octanol–water partition coefficient (Wildman–Crippen LogP) is 2.30. The van der Waals surface area contributed by atoms with E-state index >= 15 is 0 Å². The third-order valence-electron chi connectivity index (χ3n) is 3.73. The molecule has 1 heterocycles. The molecule has 1 N–H and O–H groups in total. The summed E-state index contributed by atoms with van der Waals surface area (Å²) in [5.74, 6) is 0. The Hall–Kier alpha value is -0.860. The second kappa shape index (κ2) is 6.18. The SMILES string of the molecule is CCC1CNC(C)CN1CCc1ccccc1. The van der Waals surface area contributed by atoms with E-state index in [0.29, 0.717) is 6.04 Å². The third-order valence-corrected chi connectivity index (χ3v) is 3.73. The number of benzene rings is 1. The lowest BCUT2D eigenvalue weighted by Crippen LogP contribution is -2.55. The third kappa shape index (κ3) is 3.55. The summed E-state index contributed by atoms with van der Waals surface area (Å²) >= 11 is 0. The molecular formula is C15H24N2. The Morgan fingerprint density at radius 3 is 2.76 bits per heavy atom. The van der Waals surface area contributed by atoms with Gasteiger partial charge in [0.2, 0.25) is 0 Å². The molecule has 94 valence electrons. The first-order valence-electron chi connectivity index (χ1n) is 6.81. The minimum Gasteiger partial charge on any atom is -0.311 e. The first-order valence-corrected chi connectivity index (χ1v) is 6.81. The molecular weight excluding hydrogens is 208 g/mol. The van der Waals surface area contributed by atoms with Gasteiger partial charge in [-0.15, -0.1) is 0 Å². The van der Waals surface area contributed by atoms with Gasteiger partial charge in [0.25, 0.3) is 0 Å². The van der Waals surface area contributed by atoms with Crippen LogP contribution in [0.15, 0.2) is 30.3 Å². The highest BCUT2D eigenvalue weighted by molar-refractivity contribution is 5.15. The number of rotatable bonds is 4. The summed E-state index contributed by atoms with van der Waals surface area (Å²) in [6, 6.07) is 12.2. The Labute approximate surface area is 105 Å².